The van der Waals surface area contributed by atoms with Gasteiger partial charge in [0, 0.05) is 17.1 Å². The molecule has 1 amide bonds. The monoisotopic (exact) mass is 514 g/mol. The second-order valence-electron chi connectivity index (χ2n) is 7.32. The third-order valence-electron chi connectivity index (χ3n) is 5.13. The summed E-state index contributed by atoms with van der Waals surface area (Å²) in [6, 6.07) is 12.5. The van der Waals surface area contributed by atoms with Crippen molar-refractivity contribution in [3.63, 3.8) is 0 Å². The topological polar surface area (TPSA) is 130 Å². The number of hydrogen-bond acceptors (Lipinski definition) is 9. The van der Waals surface area contributed by atoms with Crippen molar-refractivity contribution in [1.82, 2.24) is 25.2 Å². The first kappa shape index (κ1) is 24.4. The fraction of sp³-hybridized carbons (Fsp3) is 0.217. The molecule has 0 saturated carbocycles. The molecule has 4 rings (SSSR count). The summed E-state index contributed by atoms with van der Waals surface area (Å²) in [5.74, 6) is 1.68. The maximum atomic E-state index is 12.5. The lowest BCUT2D eigenvalue weighted by Crippen LogP contribution is -2.28. The Kier molecular flexibility index (Phi) is 7.47. The van der Waals surface area contributed by atoms with Crippen molar-refractivity contribution in [2.75, 3.05) is 26.2 Å². The third-order valence-corrected chi connectivity index (χ3v) is 6.06. The number of carbonyl (C=O) groups is 1. The number of amides is 1. The number of nitrogens with two attached hydrogens (primary N) is 1. The van der Waals surface area contributed by atoms with Gasteiger partial charge < -0.3 is 25.0 Å². The van der Waals surface area contributed by atoms with E-state index in [9.17, 15) is 4.79 Å². The molecule has 35 heavy (non-hydrogen) atoms. The summed E-state index contributed by atoms with van der Waals surface area (Å²) >= 11 is 7.26. The Morgan fingerprint density at radius 2 is 1.91 bits per heavy atom. The molecule has 0 saturated heterocycles. The molecule has 0 unspecified atom stereocenters. The van der Waals surface area contributed by atoms with Crippen LogP contribution in [-0.2, 0) is 17.9 Å². The lowest BCUT2D eigenvalue weighted by Gasteiger charge is -2.07. The van der Waals surface area contributed by atoms with Crippen LogP contribution in [0.5, 0.6) is 11.5 Å². The molecule has 12 heteroatoms. The van der Waals surface area contributed by atoms with Crippen LogP contribution >= 0.6 is 23.4 Å². The van der Waals surface area contributed by atoms with Gasteiger partial charge in [0.15, 0.2) is 11.5 Å². The normalized spacial score (nSPS) is 10.9. The lowest BCUT2D eigenvalue weighted by molar-refractivity contribution is -0.122. The molecule has 0 aliphatic rings. The SMILES string of the molecule is COc1ccc(-c2noc(-c3c(SC)nn(CC(=O)NCc4ccc(Cl)cc4)c3N)n2)cc1OC. The van der Waals surface area contributed by atoms with Crippen LogP contribution in [0.15, 0.2) is 52.0 Å². The average Bonchev–Trinajstić information content (AvgIpc) is 3.47. The van der Waals surface area contributed by atoms with Crippen molar-refractivity contribution in [1.29, 1.82) is 0 Å². The van der Waals surface area contributed by atoms with Gasteiger partial charge in [-0.2, -0.15) is 10.1 Å². The fourth-order valence-electron chi connectivity index (χ4n) is 3.33. The van der Waals surface area contributed by atoms with Gasteiger partial charge in [-0.05, 0) is 42.2 Å². The van der Waals surface area contributed by atoms with Gasteiger partial charge >= 0.3 is 0 Å². The molecule has 10 nitrogen and oxygen atoms in total. The minimum atomic E-state index is -0.245. The molecule has 0 aliphatic carbocycles. The van der Waals surface area contributed by atoms with Crippen LogP contribution in [0.3, 0.4) is 0 Å². The predicted octanol–water partition coefficient (Wildman–Crippen LogP) is 3.89. The Bertz CT molecular complexity index is 1340. The van der Waals surface area contributed by atoms with Gasteiger partial charge in [-0.1, -0.05) is 28.9 Å². The average molecular weight is 515 g/mol. The zero-order valence-electron chi connectivity index (χ0n) is 19.2. The number of ether oxygens (including phenoxy) is 2. The smallest absolute Gasteiger partial charge is 0.264 e. The van der Waals surface area contributed by atoms with E-state index in [1.165, 1.54) is 16.4 Å². The summed E-state index contributed by atoms with van der Waals surface area (Å²) in [6.45, 7) is 0.293. The molecule has 0 radical (unpaired) electrons. The van der Waals surface area contributed by atoms with E-state index < -0.39 is 0 Å². The number of nitrogens with one attached hydrogen (secondary N) is 1. The first-order valence-electron chi connectivity index (χ1n) is 10.4. The zero-order valence-corrected chi connectivity index (χ0v) is 20.8. The Hall–Kier alpha value is -3.70. The van der Waals surface area contributed by atoms with E-state index in [0.717, 1.165) is 5.56 Å². The summed E-state index contributed by atoms with van der Waals surface area (Å²) in [5.41, 5.74) is 8.42. The van der Waals surface area contributed by atoms with Crippen molar-refractivity contribution in [3.05, 3.63) is 53.1 Å². The number of aromatic nitrogens is 4. The molecule has 2 heterocycles. The van der Waals surface area contributed by atoms with Gasteiger partial charge in [0.2, 0.25) is 11.7 Å². The molecule has 0 aliphatic heterocycles. The number of rotatable bonds is 9. The molecule has 0 fully saturated rings. The van der Waals surface area contributed by atoms with E-state index in [-0.39, 0.29) is 24.2 Å². The Balaban J connectivity index is 1.53. The third kappa shape index (κ3) is 5.36. The molecule has 0 spiro atoms. The number of anilines is 1. The molecule has 2 aromatic carbocycles. The Labute approximate surface area is 210 Å². The van der Waals surface area contributed by atoms with Crippen molar-refractivity contribution in [3.8, 4) is 34.3 Å². The number of carbonyl (C=O) groups excluding carboxylic acids is 1. The lowest BCUT2D eigenvalue weighted by atomic mass is 10.2. The highest BCUT2D eigenvalue weighted by atomic mass is 35.5. The highest BCUT2D eigenvalue weighted by molar-refractivity contribution is 7.98. The highest BCUT2D eigenvalue weighted by Gasteiger charge is 2.24. The van der Waals surface area contributed by atoms with E-state index in [1.54, 1.807) is 44.6 Å². The molecule has 3 N–H and O–H groups in total. The quantitative estimate of drug-likeness (QED) is 0.319. The summed E-state index contributed by atoms with van der Waals surface area (Å²) in [6.07, 6.45) is 1.85. The Morgan fingerprint density at radius 1 is 1.17 bits per heavy atom. The van der Waals surface area contributed by atoms with E-state index >= 15 is 0 Å². The second kappa shape index (κ2) is 10.7. The van der Waals surface area contributed by atoms with E-state index in [0.29, 0.717) is 45.0 Å². The van der Waals surface area contributed by atoms with Crippen LogP contribution in [0.25, 0.3) is 22.8 Å². The first-order chi connectivity index (χ1) is 16.9. The van der Waals surface area contributed by atoms with E-state index in [4.69, 9.17) is 31.3 Å². The van der Waals surface area contributed by atoms with Gasteiger partial charge in [0.25, 0.3) is 5.89 Å². The molecule has 0 bridgehead atoms. The van der Waals surface area contributed by atoms with Crippen LogP contribution in [0.4, 0.5) is 5.82 Å². The van der Waals surface area contributed by atoms with Crippen molar-refractivity contribution in [2.45, 2.75) is 18.1 Å². The number of nitrogens with zero attached hydrogens (tertiary/aromatic N) is 4. The van der Waals surface area contributed by atoms with Crippen LogP contribution < -0.4 is 20.5 Å². The van der Waals surface area contributed by atoms with Gasteiger partial charge in [-0.3, -0.25) is 4.79 Å². The number of thioether (sulfide) groups is 1. The van der Waals surface area contributed by atoms with Crippen LogP contribution in [0.2, 0.25) is 5.02 Å². The number of nitrogen functional groups attached to an aromatic ring is 1. The molecule has 0 atom stereocenters. The maximum absolute atomic E-state index is 12.5. The summed E-state index contributed by atoms with van der Waals surface area (Å²) < 4.78 is 17.5. The Morgan fingerprint density at radius 3 is 2.60 bits per heavy atom. The van der Waals surface area contributed by atoms with Crippen molar-refractivity contribution in [2.24, 2.45) is 0 Å². The molecular formula is C23H23ClN6O4S. The van der Waals surface area contributed by atoms with Gasteiger partial charge in [-0.25, -0.2) is 4.68 Å². The fourth-order valence-corrected chi connectivity index (χ4v) is 4.03. The zero-order chi connectivity index (χ0) is 24.9. The number of methoxy groups -OCH3 is 2. The van der Waals surface area contributed by atoms with Gasteiger partial charge in [0.1, 0.15) is 23.0 Å². The number of halogens is 1. The van der Waals surface area contributed by atoms with Crippen molar-refractivity contribution < 1.29 is 18.8 Å². The molecule has 4 aromatic rings. The van der Waals surface area contributed by atoms with Crippen LogP contribution in [-0.4, -0.2) is 46.3 Å². The summed E-state index contributed by atoms with van der Waals surface area (Å²) in [7, 11) is 3.11. The second-order valence-corrected chi connectivity index (χ2v) is 8.55. The van der Waals surface area contributed by atoms with Crippen LogP contribution in [0, 0.1) is 0 Å². The minimum Gasteiger partial charge on any atom is -0.493 e. The highest BCUT2D eigenvalue weighted by Crippen LogP contribution is 2.36. The molecular weight excluding hydrogens is 492 g/mol. The summed E-state index contributed by atoms with van der Waals surface area (Å²) in [4.78, 5) is 17.0. The number of benzene rings is 2. The predicted molar refractivity (Wildman–Crippen MR) is 134 cm³/mol. The standard InChI is InChI=1S/C23H23ClN6O4S/c1-32-16-9-6-14(10-17(16)33-2)21-27-22(34-29-21)19-20(25)30(28-23(19)35-3)12-18(31)26-11-13-4-7-15(24)8-5-13/h4-10H,11-12,25H2,1-3H3,(H,26,31). The minimum absolute atomic E-state index is 0.0658. The van der Waals surface area contributed by atoms with Crippen LogP contribution in [0.1, 0.15) is 5.56 Å². The first-order valence-corrected chi connectivity index (χ1v) is 12.0. The molecule has 182 valence electrons. The van der Waals surface area contributed by atoms with Crippen molar-refractivity contribution >= 4 is 35.1 Å². The summed E-state index contributed by atoms with van der Waals surface area (Å²) in [5, 5.41) is 12.6. The van der Waals surface area contributed by atoms with Gasteiger partial charge in [-0.15, -0.1) is 11.8 Å². The number of hydrogen-bond donors (Lipinski definition) is 2. The maximum Gasteiger partial charge on any atom is 0.264 e. The van der Waals surface area contributed by atoms with Gasteiger partial charge in [0.05, 0.1) is 14.2 Å². The van der Waals surface area contributed by atoms with E-state index in [1.807, 2.05) is 18.4 Å². The molecule has 2 aromatic heterocycles. The largest absolute Gasteiger partial charge is 0.493 e. The van der Waals surface area contributed by atoms with E-state index in [2.05, 4.69) is 20.6 Å².